The molecule has 0 spiro atoms. The summed E-state index contributed by atoms with van der Waals surface area (Å²) in [6.45, 7) is 1.40. The maximum atomic E-state index is 4.72. The highest BCUT2D eigenvalue weighted by molar-refractivity contribution is 4.66. The van der Waals surface area contributed by atoms with E-state index in [0.717, 1.165) is 19.4 Å². The van der Waals surface area contributed by atoms with Gasteiger partial charge in [0.2, 0.25) is 0 Å². The Balaban J connectivity index is 2.26. The molecule has 1 aliphatic rings. The van der Waals surface area contributed by atoms with Crippen LogP contribution in [-0.2, 0) is 9.78 Å². The molecule has 0 bridgehead atoms. The lowest BCUT2D eigenvalue weighted by Crippen LogP contribution is -1.94. The number of rotatable bonds is 0. The zero-order valence-corrected chi connectivity index (χ0v) is 5.69. The Morgan fingerprint density at radius 2 is 2.30 bits per heavy atom. The molecule has 1 heterocycles. The van der Waals surface area contributed by atoms with Gasteiger partial charge in [-0.1, -0.05) is 0 Å². The van der Waals surface area contributed by atoms with E-state index in [4.69, 9.17) is 4.89 Å². The second-order valence-electron chi connectivity index (χ2n) is 1.89. The van der Waals surface area contributed by atoms with Gasteiger partial charge in [0, 0.05) is 0 Å². The maximum absolute atomic E-state index is 4.72. The van der Waals surface area contributed by atoms with Crippen molar-refractivity contribution in [3.63, 3.8) is 0 Å². The monoisotopic (exact) mass is 142 g/mol. The summed E-state index contributed by atoms with van der Waals surface area (Å²) < 4.78 is 0. The molecule has 0 saturated carbocycles. The van der Waals surface area contributed by atoms with Gasteiger partial charge in [0.05, 0.1) is 19.4 Å². The van der Waals surface area contributed by atoms with E-state index >= 15 is 0 Å². The topological polar surface area (TPSA) is 43.2 Å². The van der Waals surface area contributed by atoms with Crippen molar-refractivity contribution in [1.29, 1.82) is 0 Å². The molecule has 1 aliphatic heterocycles. The summed E-state index contributed by atoms with van der Waals surface area (Å²) in [4.78, 5) is 9.30. The van der Waals surface area contributed by atoms with E-state index < -0.39 is 0 Å². The summed E-state index contributed by atoms with van der Waals surface area (Å²) >= 11 is 0. The van der Waals surface area contributed by atoms with Gasteiger partial charge in [0.25, 0.3) is 0 Å². The fraction of sp³-hybridized carbons (Fsp3) is 0.667. The molecule has 0 radical (unpaired) electrons. The van der Waals surface area contributed by atoms with E-state index in [9.17, 15) is 0 Å². The van der Waals surface area contributed by atoms with Crippen LogP contribution in [0.1, 0.15) is 12.8 Å². The van der Waals surface area contributed by atoms with Gasteiger partial charge >= 0.3 is 0 Å². The molecular weight excluding hydrogens is 132 g/mol. The van der Waals surface area contributed by atoms with Crippen molar-refractivity contribution in [2.45, 2.75) is 12.8 Å². The van der Waals surface area contributed by atoms with Gasteiger partial charge in [-0.25, -0.2) is 0 Å². The summed E-state index contributed by atoms with van der Waals surface area (Å²) in [5, 5.41) is 7.51. The molecule has 0 N–H and O–H groups in total. The van der Waals surface area contributed by atoms with Crippen LogP contribution in [0, 0.1) is 0 Å². The summed E-state index contributed by atoms with van der Waals surface area (Å²) in [5.74, 6) is 0. The highest BCUT2D eigenvalue weighted by Crippen LogP contribution is 1.95. The predicted molar refractivity (Wildman–Crippen MR) is 35.1 cm³/mol. The highest BCUT2D eigenvalue weighted by atomic mass is 17.2. The van der Waals surface area contributed by atoms with Gasteiger partial charge in [-0.15, -0.1) is 0 Å². The molecule has 0 aromatic heterocycles. The summed E-state index contributed by atoms with van der Waals surface area (Å²) in [6, 6.07) is 0. The number of nitrogens with zero attached hydrogens (tertiary/aromatic N) is 2. The van der Waals surface area contributed by atoms with Gasteiger partial charge in [0.15, 0.2) is 0 Å². The third kappa shape index (κ3) is 3.19. The molecule has 0 saturated heterocycles. The largest absolute Gasteiger partial charge is 0.344 e. The molecule has 0 aliphatic carbocycles. The fourth-order valence-electron chi connectivity index (χ4n) is 0.588. The normalized spacial score (nSPS) is 23.2. The molecule has 4 nitrogen and oxygen atoms in total. The molecule has 10 heavy (non-hydrogen) atoms. The molecular formula is C6H10N2O2. The lowest BCUT2D eigenvalue weighted by atomic mass is 10.3. The van der Waals surface area contributed by atoms with Crippen LogP contribution >= 0.6 is 0 Å². The minimum absolute atomic E-state index is 0.625. The Bertz CT molecular complexity index is 118. The molecule has 4 heteroatoms. The van der Waals surface area contributed by atoms with Gasteiger partial charge in [-0.05, 0) is 12.8 Å². The van der Waals surface area contributed by atoms with E-state index in [-0.39, 0.29) is 0 Å². The highest BCUT2D eigenvalue weighted by Gasteiger charge is 1.89. The van der Waals surface area contributed by atoms with Crippen LogP contribution in [0.25, 0.3) is 0 Å². The van der Waals surface area contributed by atoms with E-state index in [1.54, 1.807) is 0 Å². The van der Waals surface area contributed by atoms with Gasteiger partial charge in [0.1, 0.15) is 6.26 Å². The SMILES string of the molecule is C1=C\OOCCCCN=N/1. The lowest BCUT2D eigenvalue weighted by molar-refractivity contribution is -0.249. The van der Waals surface area contributed by atoms with Crippen LogP contribution in [0.5, 0.6) is 0 Å². The molecule has 0 fully saturated rings. The second-order valence-corrected chi connectivity index (χ2v) is 1.89. The van der Waals surface area contributed by atoms with Crippen molar-refractivity contribution in [2.75, 3.05) is 13.2 Å². The molecule has 0 amide bonds. The Morgan fingerprint density at radius 3 is 3.30 bits per heavy atom. The molecule has 0 unspecified atom stereocenters. The molecule has 0 atom stereocenters. The number of hydrogen-bond donors (Lipinski definition) is 0. The van der Waals surface area contributed by atoms with Crippen molar-refractivity contribution < 1.29 is 9.78 Å². The summed E-state index contributed by atoms with van der Waals surface area (Å²) in [5.41, 5.74) is 0. The molecule has 0 aromatic rings. The maximum Gasteiger partial charge on any atom is 0.149 e. The first-order valence-electron chi connectivity index (χ1n) is 3.30. The van der Waals surface area contributed by atoms with Gasteiger partial charge < -0.3 is 4.89 Å². The van der Waals surface area contributed by atoms with Crippen LogP contribution in [0.2, 0.25) is 0 Å². The van der Waals surface area contributed by atoms with Crippen LogP contribution < -0.4 is 0 Å². The third-order valence-corrected chi connectivity index (χ3v) is 1.07. The zero-order valence-electron chi connectivity index (χ0n) is 5.69. The smallest absolute Gasteiger partial charge is 0.149 e. The van der Waals surface area contributed by atoms with Crippen molar-refractivity contribution in [2.24, 2.45) is 10.2 Å². The van der Waals surface area contributed by atoms with E-state index in [1.165, 1.54) is 12.5 Å². The minimum atomic E-state index is 0.625. The number of azo groups is 1. The first kappa shape index (κ1) is 7.21. The third-order valence-electron chi connectivity index (χ3n) is 1.07. The Labute approximate surface area is 59.5 Å². The van der Waals surface area contributed by atoms with Crippen LogP contribution in [0.3, 0.4) is 0 Å². The summed E-state index contributed by atoms with van der Waals surface area (Å²) in [6.07, 6.45) is 4.80. The zero-order chi connectivity index (χ0) is 7.07. The van der Waals surface area contributed by atoms with Crippen molar-refractivity contribution >= 4 is 0 Å². The average molecular weight is 142 g/mol. The molecule has 1 rings (SSSR count). The van der Waals surface area contributed by atoms with Gasteiger partial charge in [-0.3, -0.25) is 0 Å². The second kappa shape index (κ2) is 4.93. The van der Waals surface area contributed by atoms with E-state index in [2.05, 4.69) is 15.1 Å². The van der Waals surface area contributed by atoms with Gasteiger partial charge in [-0.2, -0.15) is 15.1 Å². The predicted octanol–water partition coefficient (Wildman–Crippen LogP) is 1.65. The summed E-state index contributed by atoms with van der Waals surface area (Å²) in [7, 11) is 0. The average Bonchev–Trinajstić information content (AvgIpc) is 2.01. The van der Waals surface area contributed by atoms with Crippen LogP contribution in [-0.4, -0.2) is 13.2 Å². The Kier molecular flexibility index (Phi) is 3.56. The first-order valence-corrected chi connectivity index (χ1v) is 3.30. The quantitative estimate of drug-likeness (QED) is 0.482. The number of hydrogen-bond acceptors (Lipinski definition) is 4. The Hall–Kier alpha value is -0.900. The van der Waals surface area contributed by atoms with Crippen LogP contribution in [0.4, 0.5) is 0 Å². The van der Waals surface area contributed by atoms with Crippen LogP contribution in [0.15, 0.2) is 22.7 Å². The van der Waals surface area contributed by atoms with E-state index in [0.29, 0.717) is 6.61 Å². The van der Waals surface area contributed by atoms with Crippen molar-refractivity contribution in [1.82, 2.24) is 0 Å². The molecule has 56 valence electrons. The standard InChI is InChI=1S/C6H10N2O2/c1-2-5-9-10-6-4-8-7-3-1/h4,6H,1-3,5H2/b6-4-,8-7?. The lowest BCUT2D eigenvalue weighted by Gasteiger charge is -1.99. The van der Waals surface area contributed by atoms with Crippen molar-refractivity contribution in [3.05, 3.63) is 12.5 Å². The van der Waals surface area contributed by atoms with Crippen molar-refractivity contribution in [3.8, 4) is 0 Å². The Morgan fingerprint density at radius 1 is 1.30 bits per heavy atom. The van der Waals surface area contributed by atoms with E-state index in [1.807, 2.05) is 0 Å². The first-order chi connectivity index (χ1) is 5.00. The minimum Gasteiger partial charge on any atom is -0.344 e. The fourth-order valence-corrected chi connectivity index (χ4v) is 0.588. The molecule has 0 aromatic carbocycles.